The topological polar surface area (TPSA) is 46.3 Å². The van der Waals surface area contributed by atoms with E-state index in [0.29, 0.717) is 4.99 Å². The van der Waals surface area contributed by atoms with Crippen LogP contribution in [-0.4, -0.2) is 29.4 Å². The summed E-state index contributed by atoms with van der Waals surface area (Å²) in [5, 5.41) is 0. The van der Waals surface area contributed by atoms with E-state index in [1.165, 1.54) is 12.8 Å². The second-order valence-corrected chi connectivity index (χ2v) is 5.02. The standard InChI is InChI=1S/C10H16N2OS/c1-12(6-7-2-3-7)9(13)10(4-5-10)8(11)14/h7H,2-6H2,1H3,(H2,11,14). The average Bonchev–Trinajstić information content (AvgIpc) is 2.98. The first-order chi connectivity index (χ1) is 6.56. The molecule has 0 saturated heterocycles. The monoisotopic (exact) mass is 212 g/mol. The molecular weight excluding hydrogens is 196 g/mol. The van der Waals surface area contributed by atoms with Crippen molar-refractivity contribution in [2.75, 3.05) is 13.6 Å². The van der Waals surface area contributed by atoms with Crippen LogP contribution in [0.15, 0.2) is 0 Å². The molecule has 0 atom stereocenters. The molecule has 0 aromatic heterocycles. The summed E-state index contributed by atoms with van der Waals surface area (Å²) in [6.45, 7) is 0.878. The number of hydrogen-bond donors (Lipinski definition) is 1. The lowest BCUT2D eigenvalue weighted by atomic mass is 10.1. The highest BCUT2D eigenvalue weighted by Gasteiger charge is 2.54. The molecule has 2 aliphatic rings. The first-order valence-corrected chi connectivity index (χ1v) is 5.52. The lowest BCUT2D eigenvalue weighted by molar-refractivity contribution is -0.133. The van der Waals surface area contributed by atoms with Gasteiger partial charge in [0, 0.05) is 13.6 Å². The Kier molecular flexibility index (Phi) is 2.26. The molecule has 0 aliphatic heterocycles. The highest BCUT2D eigenvalue weighted by Crippen LogP contribution is 2.47. The van der Waals surface area contributed by atoms with E-state index in [9.17, 15) is 4.79 Å². The van der Waals surface area contributed by atoms with E-state index in [0.717, 1.165) is 25.3 Å². The minimum atomic E-state index is -0.459. The zero-order valence-corrected chi connectivity index (χ0v) is 9.27. The number of carbonyl (C=O) groups is 1. The second kappa shape index (κ2) is 3.19. The van der Waals surface area contributed by atoms with Gasteiger partial charge in [-0.2, -0.15) is 0 Å². The molecule has 14 heavy (non-hydrogen) atoms. The van der Waals surface area contributed by atoms with Crippen LogP contribution in [0.3, 0.4) is 0 Å². The van der Waals surface area contributed by atoms with Gasteiger partial charge in [-0.1, -0.05) is 12.2 Å². The van der Waals surface area contributed by atoms with E-state index in [2.05, 4.69) is 0 Å². The number of carbonyl (C=O) groups excluding carboxylic acids is 1. The molecule has 2 N–H and O–H groups in total. The Morgan fingerprint density at radius 1 is 1.57 bits per heavy atom. The fourth-order valence-electron chi connectivity index (χ4n) is 1.83. The van der Waals surface area contributed by atoms with Crippen molar-refractivity contribution in [2.45, 2.75) is 25.7 Å². The third-order valence-electron chi connectivity index (χ3n) is 3.21. The Labute approximate surface area is 89.6 Å². The van der Waals surface area contributed by atoms with Gasteiger partial charge < -0.3 is 10.6 Å². The molecule has 78 valence electrons. The lowest BCUT2D eigenvalue weighted by Gasteiger charge is -2.22. The molecule has 2 fully saturated rings. The fraction of sp³-hybridized carbons (Fsp3) is 0.800. The molecule has 0 radical (unpaired) electrons. The largest absolute Gasteiger partial charge is 0.392 e. The number of hydrogen-bond acceptors (Lipinski definition) is 2. The third kappa shape index (κ3) is 1.63. The van der Waals surface area contributed by atoms with Crippen LogP contribution in [0, 0.1) is 11.3 Å². The predicted molar refractivity (Wildman–Crippen MR) is 58.8 cm³/mol. The number of rotatable bonds is 4. The molecule has 4 heteroatoms. The average molecular weight is 212 g/mol. The Balaban J connectivity index is 1.96. The smallest absolute Gasteiger partial charge is 0.235 e. The summed E-state index contributed by atoms with van der Waals surface area (Å²) in [4.78, 5) is 14.2. The molecule has 0 aromatic rings. The van der Waals surface area contributed by atoms with Gasteiger partial charge in [-0.25, -0.2) is 0 Å². The van der Waals surface area contributed by atoms with E-state index >= 15 is 0 Å². The van der Waals surface area contributed by atoms with Crippen LogP contribution in [0.4, 0.5) is 0 Å². The first kappa shape index (κ1) is 9.90. The maximum Gasteiger partial charge on any atom is 0.235 e. The van der Waals surface area contributed by atoms with E-state index in [1.807, 2.05) is 11.9 Å². The normalized spacial score (nSPS) is 22.9. The Bertz CT molecular complexity index is 282. The minimum absolute atomic E-state index is 0.136. The zero-order chi connectivity index (χ0) is 10.3. The summed E-state index contributed by atoms with van der Waals surface area (Å²) in [7, 11) is 1.86. The zero-order valence-electron chi connectivity index (χ0n) is 8.45. The van der Waals surface area contributed by atoms with Crippen molar-refractivity contribution in [3.05, 3.63) is 0 Å². The number of nitrogens with two attached hydrogens (primary N) is 1. The van der Waals surface area contributed by atoms with Crippen LogP contribution in [0.2, 0.25) is 0 Å². The van der Waals surface area contributed by atoms with Gasteiger partial charge in [-0.15, -0.1) is 0 Å². The van der Waals surface area contributed by atoms with Gasteiger partial charge >= 0.3 is 0 Å². The Morgan fingerprint density at radius 3 is 2.50 bits per heavy atom. The fourth-order valence-corrected chi connectivity index (χ4v) is 2.12. The van der Waals surface area contributed by atoms with Crippen molar-refractivity contribution in [3.8, 4) is 0 Å². The minimum Gasteiger partial charge on any atom is -0.392 e. The molecular formula is C10H16N2OS. The Morgan fingerprint density at radius 2 is 2.14 bits per heavy atom. The van der Waals surface area contributed by atoms with Gasteiger partial charge in [0.15, 0.2) is 0 Å². The van der Waals surface area contributed by atoms with E-state index in [-0.39, 0.29) is 5.91 Å². The van der Waals surface area contributed by atoms with E-state index < -0.39 is 5.41 Å². The van der Waals surface area contributed by atoms with Gasteiger partial charge in [-0.05, 0) is 31.6 Å². The van der Waals surface area contributed by atoms with Crippen molar-refractivity contribution in [1.29, 1.82) is 0 Å². The number of amides is 1. The molecule has 0 heterocycles. The lowest BCUT2D eigenvalue weighted by Crippen LogP contribution is -2.41. The quantitative estimate of drug-likeness (QED) is 0.705. The molecule has 2 saturated carbocycles. The molecule has 0 unspecified atom stereocenters. The van der Waals surface area contributed by atoms with Gasteiger partial charge in [0.1, 0.15) is 0 Å². The summed E-state index contributed by atoms with van der Waals surface area (Å²) >= 11 is 4.95. The predicted octanol–water partition coefficient (Wildman–Crippen LogP) is 0.921. The van der Waals surface area contributed by atoms with Gasteiger partial charge in [-0.3, -0.25) is 4.79 Å². The van der Waals surface area contributed by atoms with Crippen LogP contribution in [-0.2, 0) is 4.79 Å². The summed E-state index contributed by atoms with van der Waals surface area (Å²) in [5.74, 6) is 0.864. The molecule has 2 rings (SSSR count). The van der Waals surface area contributed by atoms with Gasteiger partial charge in [0.05, 0.1) is 10.4 Å². The van der Waals surface area contributed by atoms with Gasteiger partial charge in [0.25, 0.3) is 0 Å². The molecule has 1 amide bonds. The van der Waals surface area contributed by atoms with Crippen molar-refractivity contribution in [1.82, 2.24) is 4.90 Å². The first-order valence-electron chi connectivity index (χ1n) is 5.12. The Hall–Kier alpha value is -0.640. The van der Waals surface area contributed by atoms with Crippen molar-refractivity contribution in [3.63, 3.8) is 0 Å². The number of thiocarbonyl (C=S) groups is 1. The van der Waals surface area contributed by atoms with Crippen LogP contribution in [0.5, 0.6) is 0 Å². The maximum absolute atomic E-state index is 12.0. The summed E-state index contributed by atoms with van der Waals surface area (Å²) in [6, 6.07) is 0. The molecule has 2 aliphatic carbocycles. The third-order valence-corrected chi connectivity index (χ3v) is 3.60. The van der Waals surface area contributed by atoms with Crippen molar-refractivity contribution in [2.24, 2.45) is 17.1 Å². The van der Waals surface area contributed by atoms with Crippen LogP contribution in [0.1, 0.15) is 25.7 Å². The molecule has 3 nitrogen and oxygen atoms in total. The highest BCUT2D eigenvalue weighted by molar-refractivity contribution is 7.80. The molecule has 0 bridgehead atoms. The molecule has 0 spiro atoms. The van der Waals surface area contributed by atoms with E-state index in [1.54, 1.807) is 0 Å². The van der Waals surface area contributed by atoms with Crippen LogP contribution in [0.25, 0.3) is 0 Å². The van der Waals surface area contributed by atoms with Crippen molar-refractivity contribution < 1.29 is 4.79 Å². The molecule has 0 aromatic carbocycles. The van der Waals surface area contributed by atoms with Gasteiger partial charge in [0.2, 0.25) is 5.91 Å². The van der Waals surface area contributed by atoms with Crippen molar-refractivity contribution >= 4 is 23.1 Å². The highest BCUT2D eigenvalue weighted by atomic mass is 32.1. The van der Waals surface area contributed by atoms with E-state index in [4.69, 9.17) is 18.0 Å². The maximum atomic E-state index is 12.0. The summed E-state index contributed by atoms with van der Waals surface area (Å²) in [6.07, 6.45) is 4.21. The number of nitrogens with zero attached hydrogens (tertiary/aromatic N) is 1. The summed E-state index contributed by atoms with van der Waals surface area (Å²) in [5.41, 5.74) is 5.14. The summed E-state index contributed by atoms with van der Waals surface area (Å²) < 4.78 is 0. The van der Waals surface area contributed by atoms with Crippen LogP contribution < -0.4 is 5.73 Å². The SMILES string of the molecule is CN(CC1CC1)C(=O)C1(C(N)=S)CC1. The van der Waals surface area contributed by atoms with Crippen LogP contribution >= 0.6 is 12.2 Å². The second-order valence-electron chi connectivity index (χ2n) is 4.58.